The molecule has 4 unspecified atom stereocenters. The molecule has 2 saturated heterocycles. The molecule has 20 heavy (non-hydrogen) atoms. The van der Waals surface area contributed by atoms with Gasteiger partial charge < -0.3 is 5.32 Å². The maximum atomic E-state index is 12.7. The molecule has 0 saturated carbocycles. The largest absolute Gasteiger partial charge is 0.309 e. The summed E-state index contributed by atoms with van der Waals surface area (Å²) in [6, 6.07) is 0.441. The van der Waals surface area contributed by atoms with Crippen molar-refractivity contribution in [2.24, 2.45) is 11.8 Å². The Morgan fingerprint density at radius 3 is 1.70 bits per heavy atom. The second kappa shape index (κ2) is 6.92. The topological polar surface area (TPSA) is 52.7 Å². The summed E-state index contributed by atoms with van der Waals surface area (Å²) in [5.74, 6) is 0.910. The molecular weight excluding hydrogens is 298 g/mol. The number of hydrogen-bond donors (Lipinski definition) is 1. The zero-order chi connectivity index (χ0) is 14.2. The second-order valence-electron chi connectivity index (χ2n) is 6.56. The van der Waals surface area contributed by atoms with Crippen LogP contribution in [0.25, 0.3) is 0 Å². The Kier molecular flexibility index (Phi) is 6.29. The van der Waals surface area contributed by atoms with Crippen LogP contribution in [0, 0.1) is 11.8 Å². The molecule has 0 amide bonds. The summed E-state index contributed by atoms with van der Waals surface area (Å²) >= 11 is 0. The van der Waals surface area contributed by atoms with Gasteiger partial charge in [0, 0.05) is 38.3 Å². The van der Waals surface area contributed by atoms with E-state index in [1.54, 1.807) is 8.61 Å². The summed E-state index contributed by atoms with van der Waals surface area (Å²) in [7, 11) is -3.29. The fraction of sp³-hybridized carbons (Fsp3) is 1.00. The third-order valence-corrected chi connectivity index (χ3v) is 5.91. The van der Waals surface area contributed by atoms with E-state index < -0.39 is 10.2 Å². The molecule has 2 heterocycles. The van der Waals surface area contributed by atoms with Gasteiger partial charge in [-0.25, -0.2) is 0 Å². The lowest BCUT2D eigenvalue weighted by Crippen LogP contribution is -2.59. The average Bonchev–Trinajstić information content (AvgIpc) is 2.26. The second-order valence-corrected chi connectivity index (χ2v) is 8.49. The Morgan fingerprint density at radius 1 is 0.850 bits per heavy atom. The van der Waals surface area contributed by atoms with Gasteiger partial charge in [-0.1, -0.05) is 13.8 Å². The van der Waals surface area contributed by atoms with Crippen LogP contribution >= 0.6 is 12.4 Å². The zero-order valence-corrected chi connectivity index (χ0v) is 14.5. The van der Waals surface area contributed by atoms with E-state index in [2.05, 4.69) is 19.2 Å². The Bertz CT molecular complexity index is 366. The first-order valence-electron chi connectivity index (χ1n) is 7.30. The molecule has 2 rings (SSSR count). The molecule has 0 aromatic carbocycles. The maximum absolute atomic E-state index is 12.7. The predicted octanol–water partition coefficient (Wildman–Crippen LogP) is 1.31. The Morgan fingerprint density at radius 2 is 1.25 bits per heavy atom. The minimum absolute atomic E-state index is 0. The maximum Gasteiger partial charge on any atom is 0.282 e. The lowest BCUT2D eigenvalue weighted by atomic mass is 9.94. The Labute approximate surface area is 129 Å². The Hall–Kier alpha value is 0.120. The molecule has 0 aliphatic carbocycles. The van der Waals surface area contributed by atoms with E-state index in [1.807, 2.05) is 13.8 Å². The molecule has 0 radical (unpaired) electrons. The first-order valence-corrected chi connectivity index (χ1v) is 8.70. The van der Waals surface area contributed by atoms with Gasteiger partial charge in [0.2, 0.25) is 0 Å². The molecular formula is C13H28ClN3O2S. The number of halogens is 1. The van der Waals surface area contributed by atoms with E-state index in [0.29, 0.717) is 38.0 Å². The number of nitrogens with zero attached hydrogens (tertiary/aromatic N) is 2. The first kappa shape index (κ1) is 18.2. The Balaban J connectivity index is 0.00000200. The molecule has 0 bridgehead atoms. The van der Waals surface area contributed by atoms with E-state index >= 15 is 0 Å². The number of hydrogen-bond acceptors (Lipinski definition) is 3. The number of piperazine rings is 1. The fourth-order valence-electron chi connectivity index (χ4n) is 3.42. The highest BCUT2D eigenvalue weighted by Gasteiger charge is 2.37. The van der Waals surface area contributed by atoms with E-state index in [-0.39, 0.29) is 24.5 Å². The highest BCUT2D eigenvalue weighted by molar-refractivity contribution is 7.86. The van der Waals surface area contributed by atoms with E-state index in [4.69, 9.17) is 0 Å². The quantitative estimate of drug-likeness (QED) is 0.833. The van der Waals surface area contributed by atoms with Crippen LogP contribution in [0.15, 0.2) is 0 Å². The highest BCUT2D eigenvalue weighted by Crippen LogP contribution is 2.25. The van der Waals surface area contributed by atoms with Gasteiger partial charge in [-0.15, -0.1) is 12.4 Å². The van der Waals surface area contributed by atoms with Gasteiger partial charge in [0.15, 0.2) is 0 Å². The van der Waals surface area contributed by atoms with Crippen molar-refractivity contribution in [3.63, 3.8) is 0 Å². The van der Waals surface area contributed by atoms with Gasteiger partial charge in [-0.2, -0.15) is 17.0 Å². The average molecular weight is 326 g/mol. The SMILES string of the molecule is CC1CC(C)CN(S(=O)(=O)N2CC(C)NC(C)C2)C1.Cl. The fourth-order valence-corrected chi connectivity index (χ4v) is 5.46. The van der Waals surface area contributed by atoms with Crippen LogP contribution in [0.2, 0.25) is 0 Å². The predicted molar refractivity (Wildman–Crippen MR) is 84.3 cm³/mol. The van der Waals surface area contributed by atoms with E-state index in [0.717, 1.165) is 6.42 Å². The summed E-state index contributed by atoms with van der Waals surface area (Å²) in [4.78, 5) is 0. The van der Waals surface area contributed by atoms with Crippen molar-refractivity contribution in [1.29, 1.82) is 0 Å². The third-order valence-electron chi connectivity index (χ3n) is 4.01. The number of piperidine rings is 1. The lowest BCUT2D eigenvalue weighted by molar-refractivity contribution is 0.193. The monoisotopic (exact) mass is 325 g/mol. The van der Waals surface area contributed by atoms with Gasteiger partial charge in [-0.05, 0) is 32.1 Å². The molecule has 2 aliphatic heterocycles. The summed E-state index contributed by atoms with van der Waals surface area (Å²) in [6.07, 6.45) is 1.13. The van der Waals surface area contributed by atoms with Crippen LogP contribution in [-0.4, -0.2) is 55.3 Å². The van der Waals surface area contributed by atoms with Crippen molar-refractivity contribution in [2.75, 3.05) is 26.2 Å². The van der Waals surface area contributed by atoms with Crippen LogP contribution in [0.1, 0.15) is 34.1 Å². The molecule has 0 spiro atoms. The highest BCUT2D eigenvalue weighted by atomic mass is 35.5. The normalized spacial score (nSPS) is 37.4. The van der Waals surface area contributed by atoms with Crippen LogP contribution in [-0.2, 0) is 10.2 Å². The van der Waals surface area contributed by atoms with Crippen molar-refractivity contribution >= 4 is 22.6 Å². The van der Waals surface area contributed by atoms with Crippen molar-refractivity contribution in [2.45, 2.75) is 46.2 Å². The van der Waals surface area contributed by atoms with Crippen molar-refractivity contribution < 1.29 is 8.42 Å². The molecule has 2 fully saturated rings. The zero-order valence-electron chi connectivity index (χ0n) is 12.9. The molecule has 4 atom stereocenters. The van der Waals surface area contributed by atoms with Crippen LogP contribution < -0.4 is 5.32 Å². The molecule has 120 valence electrons. The molecule has 1 N–H and O–H groups in total. The third kappa shape index (κ3) is 4.07. The summed E-state index contributed by atoms with van der Waals surface area (Å²) in [6.45, 7) is 10.8. The number of nitrogens with one attached hydrogen (secondary N) is 1. The van der Waals surface area contributed by atoms with Crippen molar-refractivity contribution in [3.8, 4) is 0 Å². The van der Waals surface area contributed by atoms with Gasteiger partial charge in [0.25, 0.3) is 10.2 Å². The minimum Gasteiger partial charge on any atom is -0.309 e. The summed E-state index contributed by atoms with van der Waals surface area (Å²) < 4.78 is 28.8. The molecule has 0 aromatic rings. The van der Waals surface area contributed by atoms with E-state index in [9.17, 15) is 8.42 Å². The van der Waals surface area contributed by atoms with Gasteiger partial charge in [0.1, 0.15) is 0 Å². The van der Waals surface area contributed by atoms with Crippen molar-refractivity contribution in [1.82, 2.24) is 13.9 Å². The van der Waals surface area contributed by atoms with E-state index in [1.165, 1.54) is 0 Å². The van der Waals surface area contributed by atoms with Crippen LogP contribution in [0.4, 0.5) is 0 Å². The minimum atomic E-state index is -3.29. The van der Waals surface area contributed by atoms with Gasteiger partial charge >= 0.3 is 0 Å². The summed E-state index contributed by atoms with van der Waals surface area (Å²) in [5.41, 5.74) is 0. The summed E-state index contributed by atoms with van der Waals surface area (Å²) in [5, 5.41) is 3.38. The lowest BCUT2D eigenvalue weighted by Gasteiger charge is -2.41. The molecule has 5 nitrogen and oxygen atoms in total. The van der Waals surface area contributed by atoms with Gasteiger partial charge in [0.05, 0.1) is 0 Å². The molecule has 0 aromatic heterocycles. The smallest absolute Gasteiger partial charge is 0.282 e. The molecule has 2 aliphatic rings. The number of rotatable bonds is 2. The van der Waals surface area contributed by atoms with Crippen molar-refractivity contribution in [3.05, 3.63) is 0 Å². The van der Waals surface area contributed by atoms with Gasteiger partial charge in [-0.3, -0.25) is 0 Å². The standard InChI is InChI=1S/C13H27N3O2S.ClH/c1-10-5-11(2)7-15(6-10)19(17,18)16-8-12(3)14-13(4)9-16;/h10-14H,5-9H2,1-4H3;1H. The van der Waals surface area contributed by atoms with Crippen LogP contribution in [0.5, 0.6) is 0 Å². The first-order chi connectivity index (χ1) is 8.79. The van der Waals surface area contributed by atoms with Crippen LogP contribution in [0.3, 0.4) is 0 Å². The molecule has 7 heteroatoms.